The predicted molar refractivity (Wildman–Crippen MR) is 58.5 cm³/mol. The van der Waals surface area contributed by atoms with Gasteiger partial charge in [-0.15, -0.1) is 0 Å². The van der Waals surface area contributed by atoms with Crippen LogP contribution in [0.3, 0.4) is 0 Å². The molecule has 0 heterocycles. The highest BCUT2D eigenvalue weighted by molar-refractivity contribution is 7.89. The number of nitrogens with two attached hydrogens (primary N) is 2. The Morgan fingerprint density at radius 1 is 1.47 bits per heavy atom. The number of primary sulfonamides is 1. The third kappa shape index (κ3) is 6.43. The zero-order valence-electron chi connectivity index (χ0n) is 9.12. The Kier molecular flexibility index (Phi) is 5.19. The Morgan fingerprint density at radius 3 is 2.40 bits per heavy atom. The van der Waals surface area contributed by atoms with Gasteiger partial charge < -0.3 is 11.1 Å². The number of amides is 1. The number of hydrogen-bond acceptors (Lipinski definition) is 4. The molecule has 1 unspecified atom stereocenters. The van der Waals surface area contributed by atoms with E-state index in [1.165, 1.54) is 0 Å². The Labute approximate surface area is 90.4 Å². The van der Waals surface area contributed by atoms with Crippen LogP contribution in [0.4, 0.5) is 0 Å². The molecule has 1 atom stereocenters. The summed E-state index contributed by atoms with van der Waals surface area (Å²) in [6.45, 7) is 3.53. The Bertz CT molecular complexity index is 311. The van der Waals surface area contributed by atoms with Gasteiger partial charge in [0.1, 0.15) is 0 Å². The maximum Gasteiger partial charge on any atom is 0.239 e. The van der Waals surface area contributed by atoms with Gasteiger partial charge in [0, 0.05) is 6.54 Å². The standard InChI is InChI=1S/C8H19N3O3S/c1-3-4-8(2,9)7(12)11-5-6-15(10,13)14/h3-6,9H2,1-2H3,(H,11,12)(H2,10,13,14). The molecule has 0 radical (unpaired) electrons. The second-order valence-corrected chi connectivity index (χ2v) is 5.52. The number of carbonyl (C=O) groups excluding carboxylic acids is 1. The Hall–Kier alpha value is -0.660. The fourth-order valence-electron chi connectivity index (χ4n) is 1.14. The molecule has 0 aliphatic heterocycles. The van der Waals surface area contributed by atoms with E-state index in [4.69, 9.17) is 10.9 Å². The molecule has 0 spiro atoms. The molecule has 0 saturated heterocycles. The first-order chi connectivity index (χ1) is 6.69. The van der Waals surface area contributed by atoms with Gasteiger partial charge in [0.2, 0.25) is 15.9 Å². The Balaban J connectivity index is 4.04. The number of carbonyl (C=O) groups is 1. The minimum Gasteiger partial charge on any atom is -0.353 e. The second kappa shape index (κ2) is 5.43. The molecule has 0 aromatic carbocycles. The van der Waals surface area contributed by atoms with Crippen molar-refractivity contribution in [3.8, 4) is 0 Å². The molecule has 0 fully saturated rings. The molecule has 0 rings (SSSR count). The molecule has 1 amide bonds. The molecular weight excluding hydrogens is 218 g/mol. The van der Waals surface area contributed by atoms with Crippen molar-refractivity contribution in [2.75, 3.05) is 12.3 Å². The lowest BCUT2D eigenvalue weighted by Crippen LogP contribution is -2.52. The monoisotopic (exact) mass is 237 g/mol. The van der Waals surface area contributed by atoms with Gasteiger partial charge in [-0.1, -0.05) is 13.3 Å². The summed E-state index contributed by atoms with van der Waals surface area (Å²) in [7, 11) is -3.53. The zero-order chi connectivity index (χ0) is 12.1. The topological polar surface area (TPSA) is 115 Å². The largest absolute Gasteiger partial charge is 0.353 e. The van der Waals surface area contributed by atoms with Crippen molar-refractivity contribution in [3.05, 3.63) is 0 Å². The number of rotatable bonds is 6. The SMILES string of the molecule is CCCC(C)(N)C(=O)NCCS(N)(=O)=O. The summed E-state index contributed by atoms with van der Waals surface area (Å²) >= 11 is 0. The van der Waals surface area contributed by atoms with E-state index in [9.17, 15) is 13.2 Å². The van der Waals surface area contributed by atoms with Crippen LogP contribution in [0.2, 0.25) is 0 Å². The highest BCUT2D eigenvalue weighted by Crippen LogP contribution is 2.07. The van der Waals surface area contributed by atoms with Crippen LogP contribution in [0, 0.1) is 0 Å². The molecular formula is C8H19N3O3S. The van der Waals surface area contributed by atoms with E-state index < -0.39 is 15.6 Å². The van der Waals surface area contributed by atoms with E-state index in [2.05, 4.69) is 5.32 Å². The predicted octanol–water partition coefficient (Wildman–Crippen LogP) is -1.09. The van der Waals surface area contributed by atoms with Crippen molar-refractivity contribution in [1.29, 1.82) is 0 Å². The minimum absolute atomic E-state index is 0.00578. The molecule has 0 saturated carbocycles. The molecule has 5 N–H and O–H groups in total. The quantitative estimate of drug-likeness (QED) is 0.544. The molecule has 0 aromatic heterocycles. The van der Waals surface area contributed by atoms with Gasteiger partial charge in [-0.05, 0) is 13.3 Å². The van der Waals surface area contributed by atoms with E-state index in [0.717, 1.165) is 6.42 Å². The maximum atomic E-state index is 11.5. The van der Waals surface area contributed by atoms with Crippen LogP contribution in [0.25, 0.3) is 0 Å². The lowest BCUT2D eigenvalue weighted by molar-refractivity contribution is -0.125. The summed E-state index contributed by atoms with van der Waals surface area (Å²) in [5.41, 5.74) is 4.78. The summed E-state index contributed by atoms with van der Waals surface area (Å²) in [4.78, 5) is 11.5. The summed E-state index contributed by atoms with van der Waals surface area (Å²) in [5, 5.41) is 7.22. The zero-order valence-corrected chi connectivity index (χ0v) is 9.93. The van der Waals surface area contributed by atoms with Crippen molar-refractivity contribution in [2.45, 2.75) is 32.2 Å². The average molecular weight is 237 g/mol. The molecule has 90 valence electrons. The summed E-state index contributed by atoms with van der Waals surface area (Å²) in [6, 6.07) is 0. The summed E-state index contributed by atoms with van der Waals surface area (Å²) in [5.74, 6) is -0.631. The average Bonchev–Trinajstić information content (AvgIpc) is 2.01. The van der Waals surface area contributed by atoms with Gasteiger partial charge in [-0.2, -0.15) is 0 Å². The molecule has 0 aromatic rings. The maximum absolute atomic E-state index is 11.5. The highest BCUT2D eigenvalue weighted by atomic mass is 32.2. The number of nitrogens with one attached hydrogen (secondary N) is 1. The van der Waals surface area contributed by atoms with Crippen LogP contribution in [-0.2, 0) is 14.8 Å². The van der Waals surface area contributed by atoms with E-state index >= 15 is 0 Å². The first-order valence-corrected chi connectivity index (χ1v) is 6.48. The molecule has 15 heavy (non-hydrogen) atoms. The first kappa shape index (κ1) is 14.3. The molecule has 7 heteroatoms. The van der Waals surface area contributed by atoms with E-state index in [1.807, 2.05) is 6.92 Å². The molecule has 6 nitrogen and oxygen atoms in total. The Morgan fingerprint density at radius 2 is 2.00 bits per heavy atom. The summed E-state index contributed by atoms with van der Waals surface area (Å²) < 4.78 is 21.2. The van der Waals surface area contributed by atoms with Crippen molar-refractivity contribution in [2.24, 2.45) is 10.9 Å². The van der Waals surface area contributed by atoms with E-state index in [1.54, 1.807) is 6.92 Å². The van der Waals surface area contributed by atoms with Crippen LogP contribution in [0.15, 0.2) is 0 Å². The van der Waals surface area contributed by atoms with E-state index in [-0.39, 0.29) is 18.2 Å². The lowest BCUT2D eigenvalue weighted by atomic mass is 9.97. The lowest BCUT2D eigenvalue weighted by Gasteiger charge is -2.22. The van der Waals surface area contributed by atoms with Gasteiger partial charge >= 0.3 is 0 Å². The van der Waals surface area contributed by atoms with Crippen LogP contribution in [-0.4, -0.2) is 32.2 Å². The van der Waals surface area contributed by atoms with Crippen molar-refractivity contribution in [1.82, 2.24) is 5.32 Å². The van der Waals surface area contributed by atoms with Gasteiger partial charge in [0.15, 0.2) is 0 Å². The van der Waals surface area contributed by atoms with Gasteiger partial charge in [0.05, 0.1) is 11.3 Å². The summed E-state index contributed by atoms with van der Waals surface area (Å²) in [6.07, 6.45) is 1.34. The minimum atomic E-state index is -3.53. The fraction of sp³-hybridized carbons (Fsp3) is 0.875. The highest BCUT2D eigenvalue weighted by Gasteiger charge is 2.26. The number of sulfonamides is 1. The van der Waals surface area contributed by atoms with Crippen LogP contribution >= 0.6 is 0 Å². The smallest absolute Gasteiger partial charge is 0.239 e. The third-order valence-electron chi connectivity index (χ3n) is 1.96. The van der Waals surface area contributed by atoms with Crippen molar-refractivity contribution < 1.29 is 13.2 Å². The molecule has 0 bridgehead atoms. The van der Waals surface area contributed by atoms with Crippen molar-refractivity contribution in [3.63, 3.8) is 0 Å². The molecule has 0 aliphatic rings. The van der Waals surface area contributed by atoms with Crippen LogP contribution in [0.5, 0.6) is 0 Å². The second-order valence-electron chi connectivity index (χ2n) is 3.79. The van der Waals surface area contributed by atoms with Crippen LogP contribution in [0.1, 0.15) is 26.7 Å². The van der Waals surface area contributed by atoms with E-state index in [0.29, 0.717) is 6.42 Å². The molecule has 0 aliphatic carbocycles. The number of hydrogen-bond donors (Lipinski definition) is 3. The van der Waals surface area contributed by atoms with Crippen molar-refractivity contribution >= 4 is 15.9 Å². The fourth-order valence-corrected chi connectivity index (χ4v) is 1.53. The van der Waals surface area contributed by atoms with Gasteiger partial charge in [-0.25, -0.2) is 13.6 Å². The third-order valence-corrected chi connectivity index (χ3v) is 2.73. The van der Waals surface area contributed by atoms with Crippen LogP contribution < -0.4 is 16.2 Å². The van der Waals surface area contributed by atoms with Gasteiger partial charge in [-0.3, -0.25) is 4.79 Å². The first-order valence-electron chi connectivity index (χ1n) is 4.76. The van der Waals surface area contributed by atoms with Gasteiger partial charge in [0.25, 0.3) is 0 Å². The normalized spacial score (nSPS) is 15.7.